The van der Waals surface area contributed by atoms with E-state index in [4.69, 9.17) is 0 Å². The first-order valence-corrected chi connectivity index (χ1v) is 14.1. The number of hydrogen-bond acceptors (Lipinski definition) is 5. The predicted molar refractivity (Wildman–Crippen MR) is 137 cm³/mol. The molecule has 1 aliphatic carbocycles. The standard InChI is InChI=1S/C26H34N4O4S/c1-35(33,34)30-16-14-29(15-17-30)19-20-8-7-9-21(18-20)25(31)28-24-13-6-5-12-23(24)26(32)27-22-10-3-2-4-11-22/h5-9,12-13,18,22H,2-4,10-11,14-17,19H2,1H3,(H,27,32)(H,28,31). The fourth-order valence-electron chi connectivity index (χ4n) is 4.78. The summed E-state index contributed by atoms with van der Waals surface area (Å²) in [6.07, 6.45) is 6.71. The minimum Gasteiger partial charge on any atom is -0.349 e. The highest BCUT2D eigenvalue weighted by Gasteiger charge is 2.24. The average Bonchev–Trinajstić information content (AvgIpc) is 2.85. The Kier molecular flexibility index (Phi) is 8.20. The lowest BCUT2D eigenvalue weighted by atomic mass is 9.95. The summed E-state index contributed by atoms with van der Waals surface area (Å²) in [5.74, 6) is -0.429. The molecule has 8 nitrogen and oxygen atoms in total. The van der Waals surface area contributed by atoms with E-state index < -0.39 is 10.0 Å². The molecular formula is C26H34N4O4S. The number of carbonyl (C=O) groups excluding carboxylic acids is 2. The van der Waals surface area contributed by atoms with Gasteiger partial charge in [0.2, 0.25) is 10.0 Å². The quantitative estimate of drug-likeness (QED) is 0.611. The largest absolute Gasteiger partial charge is 0.349 e. The maximum absolute atomic E-state index is 13.0. The number of nitrogens with zero attached hydrogens (tertiary/aromatic N) is 2. The van der Waals surface area contributed by atoms with Gasteiger partial charge in [-0.1, -0.05) is 43.5 Å². The van der Waals surface area contributed by atoms with Crippen LogP contribution in [0.15, 0.2) is 48.5 Å². The van der Waals surface area contributed by atoms with Gasteiger partial charge in [0.15, 0.2) is 0 Å². The van der Waals surface area contributed by atoms with Crippen LogP contribution in [0, 0.1) is 0 Å². The highest BCUT2D eigenvalue weighted by Crippen LogP contribution is 2.21. The molecule has 0 atom stereocenters. The summed E-state index contributed by atoms with van der Waals surface area (Å²) in [5.41, 5.74) is 2.45. The molecule has 0 unspecified atom stereocenters. The second-order valence-corrected chi connectivity index (χ2v) is 11.4. The molecule has 35 heavy (non-hydrogen) atoms. The van der Waals surface area contributed by atoms with E-state index in [1.807, 2.05) is 18.2 Å². The van der Waals surface area contributed by atoms with Crippen LogP contribution in [0.2, 0.25) is 0 Å². The van der Waals surface area contributed by atoms with Crippen molar-refractivity contribution in [2.24, 2.45) is 0 Å². The topological polar surface area (TPSA) is 98.8 Å². The van der Waals surface area contributed by atoms with Crippen molar-refractivity contribution in [3.63, 3.8) is 0 Å². The van der Waals surface area contributed by atoms with E-state index >= 15 is 0 Å². The van der Waals surface area contributed by atoms with Gasteiger partial charge < -0.3 is 10.6 Å². The van der Waals surface area contributed by atoms with Crippen LogP contribution in [0.5, 0.6) is 0 Å². The van der Waals surface area contributed by atoms with E-state index in [0.29, 0.717) is 49.5 Å². The number of hydrogen-bond donors (Lipinski definition) is 2. The van der Waals surface area contributed by atoms with Gasteiger partial charge in [-0.15, -0.1) is 0 Å². The number of sulfonamides is 1. The Morgan fingerprint density at radius 3 is 2.34 bits per heavy atom. The molecule has 4 rings (SSSR count). The van der Waals surface area contributed by atoms with E-state index in [-0.39, 0.29) is 17.9 Å². The Morgan fingerprint density at radius 1 is 0.914 bits per heavy atom. The summed E-state index contributed by atoms with van der Waals surface area (Å²) in [7, 11) is -3.16. The van der Waals surface area contributed by atoms with Crippen LogP contribution in [0.4, 0.5) is 5.69 Å². The van der Waals surface area contributed by atoms with Crippen LogP contribution in [0.1, 0.15) is 58.4 Å². The first kappa shape index (κ1) is 25.3. The number of carbonyl (C=O) groups is 2. The number of para-hydroxylation sites is 1. The zero-order chi connectivity index (χ0) is 24.8. The third-order valence-corrected chi connectivity index (χ3v) is 8.06. The second kappa shape index (κ2) is 11.3. The summed E-state index contributed by atoms with van der Waals surface area (Å²) in [4.78, 5) is 28.1. The van der Waals surface area contributed by atoms with E-state index in [1.165, 1.54) is 17.0 Å². The molecule has 0 aromatic heterocycles. The van der Waals surface area contributed by atoms with Crippen LogP contribution >= 0.6 is 0 Å². The van der Waals surface area contributed by atoms with Gasteiger partial charge in [0, 0.05) is 44.3 Å². The van der Waals surface area contributed by atoms with E-state index in [2.05, 4.69) is 15.5 Å². The van der Waals surface area contributed by atoms with Crippen molar-refractivity contribution in [2.45, 2.75) is 44.7 Å². The number of nitrogens with one attached hydrogen (secondary N) is 2. The first-order chi connectivity index (χ1) is 16.8. The SMILES string of the molecule is CS(=O)(=O)N1CCN(Cc2cccc(C(=O)Nc3ccccc3C(=O)NC3CCCCC3)c2)CC1. The molecule has 1 aliphatic heterocycles. The Hall–Kier alpha value is -2.75. The third kappa shape index (κ3) is 6.90. The normalized spacial score (nSPS) is 18.2. The molecule has 2 aliphatic rings. The number of anilines is 1. The Balaban J connectivity index is 1.38. The highest BCUT2D eigenvalue weighted by atomic mass is 32.2. The average molecular weight is 499 g/mol. The molecule has 2 aromatic rings. The lowest BCUT2D eigenvalue weighted by Crippen LogP contribution is -2.47. The molecule has 1 heterocycles. The number of benzene rings is 2. The zero-order valence-electron chi connectivity index (χ0n) is 20.2. The molecule has 0 radical (unpaired) electrons. The lowest BCUT2D eigenvalue weighted by Gasteiger charge is -2.33. The van der Waals surface area contributed by atoms with Crippen LogP contribution in [0.25, 0.3) is 0 Å². The minimum atomic E-state index is -3.16. The van der Waals surface area contributed by atoms with E-state index in [0.717, 1.165) is 31.2 Å². The fourth-order valence-corrected chi connectivity index (χ4v) is 5.61. The van der Waals surface area contributed by atoms with Gasteiger partial charge in [0.25, 0.3) is 11.8 Å². The molecule has 2 fully saturated rings. The van der Waals surface area contributed by atoms with Crippen LogP contribution in [-0.2, 0) is 16.6 Å². The summed E-state index contributed by atoms with van der Waals surface area (Å²) in [6, 6.07) is 14.7. The van der Waals surface area contributed by atoms with Crippen molar-refractivity contribution >= 4 is 27.5 Å². The predicted octanol–water partition coefficient (Wildman–Crippen LogP) is 3.08. The molecule has 0 spiro atoms. The summed E-state index contributed by atoms with van der Waals surface area (Å²) < 4.78 is 24.9. The van der Waals surface area contributed by atoms with Crippen molar-refractivity contribution < 1.29 is 18.0 Å². The lowest BCUT2D eigenvalue weighted by molar-refractivity contribution is 0.0928. The Labute approximate surface area is 207 Å². The van der Waals surface area contributed by atoms with Crippen molar-refractivity contribution in [1.29, 1.82) is 0 Å². The smallest absolute Gasteiger partial charge is 0.255 e. The van der Waals surface area contributed by atoms with Gasteiger partial charge >= 0.3 is 0 Å². The fraction of sp³-hybridized carbons (Fsp3) is 0.462. The summed E-state index contributed by atoms with van der Waals surface area (Å²) in [5, 5.41) is 6.03. The molecule has 1 saturated carbocycles. The number of amides is 2. The van der Waals surface area contributed by atoms with Crippen LogP contribution in [-0.4, -0.2) is 67.9 Å². The van der Waals surface area contributed by atoms with Crippen LogP contribution < -0.4 is 10.6 Å². The van der Waals surface area contributed by atoms with Crippen molar-refractivity contribution in [2.75, 3.05) is 37.8 Å². The monoisotopic (exact) mass is 498 g/mol. The molecular weight excluding hydrogens is 464 g/mol. The van der Waals surface area contributed by atoms with Gasteiger partial charge in [-0.05, 0) is 42.7 Å². The second-order valence-electron chi connectivity index (χ2n) is 9.45. The van der Waals surface area contributed by atoms with Crippen molar-refractivity contribution in [3.05, 3.63) is 65.2 Å². The minimum absolute atomic E-state index is 0.158. The van der Waals surface area contributed by atoms with Crippen LogP contribution in [0.3, 0.4) is 0 Å². The summed E-state index contributed by atoms with van der Waals surface area (Å²) >= 11 is 0. The van der Waals surface area contributed by atoms with Gasteiger partial charge in [-0.25, -0.2) is 8.42 Å². The van der Waals surface area contributed by atoms with Crippen molar-refractivity contribution in [3.8, 4) is 0 Å². The number of piperazine rings is 1. The molecule has 2 amide bonds. The van der Waals surface area contributed by atoms with E-state index in [9.17, 15) is 18.0 Å². The van der Waals surface area contributed by atoms with E-state index in [1.54, 1.807) is 30.3 Å². The highest BCUT2D eigenvalue weighted by molar-refractivity contribution is 7.88. The zero-order valence-corrected chi connectivity index (χ0v) is 21.0. The Bertz CT molecular complexity index is 1150. The molecule has 2 aromatic carbocycles. The van der Waals surface area contributed by atoms with Gasteiger partial charge in [0.1, 0.15) is 0 Å². The Morgan fingerprint density at radius 2 is 1.63 bits per heavy atom. The third-order valence-electron chi connectivity index (χ3n) is 6.76. The summed E-state index contributed by atoms with van der Waals surface area (Å²) in [6.45, 7) is 2.87. The maximum atomic E-state index is 13.0. The van der Waals surface area contributed by atoms with Gasteiger partial charge in [-0.2, -0.15) is 4.31 Å². The van der Waals surface area contributed by atoms with Crippen molar-refractivity contribution in [1.82, 2.24) is 14.5 Å². The van der Waals surface area contributed by atoms with Gasteiger partial charge in [-0.3, -0.25) is 14.5 Å². The van der Waals surface area contributed by atoms with Gasteiger partial charge in [0.05, 0.1) is 17.5 Å². The maximum Gasteiger partial charge on any atom is 0.255 e. The molecule has 2 N–H and O–H groups in total. The first-order valence-electron chi connectivity index (χ1n) is 12.3. The number of rotatable bonds is 7. The molecule has 0 bridgehead atoms. The molecule has 1 saturated heterocycles. The molecule has 188 valence electrons. The molecule has 9 heteroatoms.